The Hall–Kier alpha value is -2.44. The second-order valence-corrected chi connectivity index (χ2v) is 9.03. The maximum Gasteiger partial charge on any atom is 0.282 e. The smallest absolute Gasteiger partial charge is 0.282 e. The summed E-state index contributed by atoms with van der Waals surface area (Å²) in [5.41, 5.74) is 3.78. The molecule has 1 fully saturated rings. The fourth-order valence-electron chi connectivity index (χ4n) is 4.33. The summed E-state index contributed by atoms with van der Waals surface area (Å²) in [7, 11) is 4.09. The number of benzene rings is 1. The van der Waals surface area contributed by atoms with Gasteiger partial charge in [0.25, 0.3) is 11.8 Å². The molecule has 0 spiro atoms. The summed E-state index contributed by atoms with van der Waals surface area (Å²) in [5.74, 6) is -0.439. The zero-order valence-electron chi connectivity index (χ0n) is 17.4. The Morgan fingerprint density at radius 2 is 1.79 bits per heavy atom. The summed E-state index contributed by atoms with van der Waals surface area (Å²) in [6.07, 6.45) is 1.97. The number of piperidine rings is 1. The van der Waals surface area contributed by atoms with Gasteiger partial charge in [0.15, 0.2) is 0 Å². The van der Waals surface area contributed by atoms with E-state index >= 15 is 0 Å². The van der Waals surface area contributed by atoms with Gasteiger partial charge in [-0.05, 0) is 69.9 Å². The number of hydrogen-bond donors (Lipinski definition) is 0. The first-order chi connectivity index (χ1) is 13.9. The number of anilines is 1. The van der Waals surface area contributed by atoms with Gasteiger partial charge in [0.1, 0.15) is 5.70 Å². The van der Waals surface area contributed by atoms with E-state index in [1.165, 1.54) is 16.2 Å². The van der Waals surface area contributed by atoms with Gasteiger partial charge in [0.05, 0.1) is 11.3 Å². The SMILES string of the molecule is Cc1ccc(N2C(=O)C(c3cccs3)=C(N(C)C3CCN(C)CC3)C2=O)c(C)c1. The highest BCUT2D eigenvalue weighted by Gasteiger charge is 2.44. The Morgan fingerprint density at radius 1 is 1.07 bits per heavy atom. The lowest BCUT2D eigenvalue weighted by Crippen LogP contribution is -2.43. The summed E-state index contributed by atoms with van der Waals surface area (Å²) >= 11 is 1.51. The first kappa shape index (κ1) is 19.9. The Bertz CT molecular complexity index is 972. The number of thiophene rings is 1. The molecule has 2 amide bonds. The van der Waals surface area contributed by atoms with Crippen LogP contribution in [0.2, 0.25) is 0 Å². The van der Waals surface area contributed by atoms with Crippen LogP contribution in [0.3, 0.4) is 0 Å². The Morgan fingerprint density at radius 3 is 2.41 bits per heavy atom. The quantitative estimate of drug-likeness (QED) is 0.723. The minimum Gasteiger partial charge on any atom is -0.366 e. The Labute approximate surface area is 176 Å². The lowest BCUT2D eigenvalue weighted by Gasteiger charge is -2.36. The third-order valence-corrected chi connectivity index (χ3v) is 6.90. The molecule has 6 heteroatoms. The largest absolute Gasteiger partial charge is 0.366 e. The standard InChI is InChI=1S/C23H27N3O2S/c1-15-7-8-18(16(2)14-15)26-22(27)20(19-6-5-13-29-19)21(23(26)28)25(4)17-9-11-24(3)12-10-17/h5-8,13-14,17H,9-12H2,1-4H3. The first-order valence-corrected chi connectivity index (χ1v) is 10.9. The molecule has 1 aromatic heterocycles. The first-order valence-electron chi connectivity index (χ1n) is 10.0. The van der Waals surface area contributed by atoms with E-state index in [0.29, 0.717) is 17.0 Å². The van der Waals surface area contributed by atoms with Crippen LogP contribution in [0.5, 0.6) is 0 Å². The van der Waals surface area contributed by atoms with Gasteiger partial charge < -0.3 is 9.80 Å². The van der Waals surface area contributed by atoms with Crippen LogP contribution < -0.4 is 4.90 Å². The second-order valence-electron chi connectivity index (χ2n) is 8.08. The number of likely N-dealkylation sites (tertiary alicyclic amines) is 1. The van der Waals surface area contributed by atoms with Crippen molar-refractivity contribution in [3.8, 4) is 0 Å². The van der Waals surface area contributed by atoms with Crippen molar-refractivity contribution in [3.05, 3.63) is 57.4 Å². The molecule has 2 aromatic rings. The van der Waals surface area contributed by atoms with Gasteiger partial charge in [-0.15, -0.1) is 11.3 Å². The van der Waals surface area contributed by atoms with Gasteiger partial charge in [-0.3, -0.25) is 9.59 Å². The molecule has 2 aliphatic rings. The normalized spacial score (nSPS) is 18.8. The number of carbonyl (C=O) groups is 2. The van der Waals surface area contributed by atoms with Crippen molar-refractivity contribution in [3.63, 3.8) is 0 Å². The summed E-state index contributed by atoms with van der Waals surface area (Å²) in [5, 5.41) is 1.95. The van der Waals surface area contributed by atoms with Gasteiger partial charge >= 0.3 is 0 Å². The lowest BCUT2D eigenvalue weighted by atomic mass is 10.0. The van der Waals surface area contributed by atoms with Crippen molar-refractivity contribution >= 4 is 34.4 Å². The summed E-state index contributed by atoms with van der Waals surface area (Å²) in [4.78, 5) is 33.7. The molecule has 0 N–H and O–H groups in total. The highest BCUT2D eigenvalue weighted by Crippen LogP contribution is 2.38. The van der Waals surface area contributed by atoms with Gasteiger partial charge in [-0.1, -0.05) is 23.8 Å². The lowest BCUT2D eigenvalue weighted by molar-refractivity contribution is -0.120. The number of rotatable bonds is 4. The van der Waals surface area contributed by atoms with Crippen LogP contribution >= 0.6 is 11.3 Å². The van der Waals surface area contributed by atoms with Crippen molar-refractivity contribution in [2.75, 3.05) is 32.1 Å². The van der Waals surface area contributed by atoms with E-state index in [9.17, 15) is 9.59 Å². The van der Waals surface area contributed by atoms with E-state index < -0.39 is 0 Å². The number of hydrogen-bond acceptors (Lipinski definition) is 5. The molecule has 0 unspecified atom stereocenters. The molecular weight excluding hydrogens is 382 g/mol. The molecule has 0 aliphatic carbocycles. The monoisotopic (exact) mass is 409 g/mol. The Kier molecular flexibility index (Phi) is 5.32. The van der Waals surface area contributed by atoms with Crippen LogP contribution in [-0.2, 0) is 9.59 Å². The van der Waals surface area contributed by atoms with E-state index in [1.54, 1.807) is 0 Å². The molecule has 2 aliphatic heterocycles. The van der Waals surface area contributed by atoms with E-state index in [2.05, 4.69) is 16.8 Å². The van der Waals surface area contributed by atoms with Crippen LogP contribution in [0.25, 0.3) is 5.57 Å². The zero-order valence-corrected chi connectivity index (χ0v) is 18.3. The molecular formula is C23H27N3O2S. The molecule has 29 heavy (non-hydrogen) atoms. The molecule has 152 valence electrons. The summed E-state index contributed by atoms with van der Waals surface area (Å²) in [6.45, 7) is 5.96. The van der Waals surface area contributed by atoms with Crippen LogP contribution in [-0.4, -0.2) is 54.8 Å². The van der Waals surface area contributed by atoms with E-state index in [-0.39, 0.29) is 17.9 Å². The molecule has 5 nitrogen and oxygen atoms in total. The van der Waals surface area contributed by atoms with Gasteiger partial charge in [-0.2, -0.15) is 0 Å². The second kappa shape index (κ2) is 7.76. The molecule has 3 heterocycles. The van der Waals surface area contributed by atoms with Gasteiger partial charge in [-0.25, -0.2) is 4.90 Å². The number of nitrogens with zero attached hydrogens (tertiary/aromatic N) is 3. The highest BCUT2D eigenvalue weighted by molar-refractivity contribution is 7.11. The minimum absolute atomic E-state index is 0.216. The fourth-order valence-corrected chi connectivity index (χ4v) is 5.09. The molecule has 0 saturated carbocycles. The predicted molar refractivity (Wildman–Crippen MR) is 118 cm³/mol. The molecule has 1 saturated heterocycles. The zero-order chi connectivity index (χ0) is 20.7. The van der Waals surface area contributed by atoms with Gasteiger partial charge in [0, 0.05) is 18.0 Å². The number of imide groups is 1. The van der Waals surface area contributed by atoms with Crippen molar-refractivity contribution < 1.29 is 9.59 Å². The Balaban J connectivity index is 1.77. The molecule has 0 radical (unpaired) electrons. The average molecular weight is 410 g/mol. The van der Waals surface area contributed by atoms with E-state index in [1.807, 2.05) is 56.6 Å². The van der Waals surface area contributed by atoms with Crippen LogP contribution in [0.4, 0.5) is 5.69 Å². The van der Waals surface area contributed by atoms with E-state index in [0.717, 1.165) is 41.9 Å². The average Bonchev–Trinajstić information content (AvgIpc) is 3.29. The van der Waals surface area contributed by atoms with E-state index in [4.69, 9.17) is 0 Å². The topological polar surface area (TPSA) is 43.9 Å². The van der Waals surface area contributed by atoms with Crippen LogP contribution in [0.1, 0.15) is 28.8 Å². The summed E-state index contributed by atoms with van der Waals surface area (Å²) in [6, 6.07) is 9.96. The minimum atomic E-state index is -0.223. The van der Waals surface area contributed by atoms with Crippen LogP contribution in [0.15, 0.2) is 41.4 Å². The van der Waals surface area contributed by atoms with Crippen molar-refractivity contribution in [1.29, 1.82) is 0 Å². The third-order valence-electron chi connectivity index (χ3n) is 6.01. The molecule has 0 atom stereocenters. The third kappa shape index (κ3) is 3.51. The van der Waals surface area contributed by atoms with Crippen molar-refractivity contribution in [2.24, 2.45) is 0 Å². The number of aryl methyl sites for hydroxylation is 2. The number of carbonyl (C=O) groups excluding carboxylic acids is 2. The molecule has 4 rings (SSSR count). The number of amides is 2. The molecule has 0 bridgehead atoms. The fraction of sp³-hybridized carbons (Fsp3) is 0.391. The van der Waals surface area contributed by atoms with Crippen LogP contribution in [0, 0.1) is 13.8 Å². The number of likely N-dealkylation sites (N-methyl/N-ethyl adjacent to an activating group) is 1. The predicted octanol–water partition coefficient (Wildman–Crippen LogP) is 3.68. The highest BCUT2D eigenvalue weighted by atomic mass is 32.1. The maximum atomic E-state index is 13.6. The van der Waals surface area contributed by atoms with Crippen molar-refractivity contribution in [2.45, 2.75) is 32.7 Å². The van der Waals surface area contributed by atoms with Gasteiger partial charge in [0.2, 0.25) is 0 Å². The summed E-state index contributed by atoms with van der Waals surface area (Å²) < 4.78 is 0. The van der Waals surface area contributed by atoms with Crippen molar-refractivity contribution in [1.82, 2.24) is 9.80 Å². The molecule has 1 aromatic carbocycles. The maximum absolute atomic E-state index is 13.6.